The maximum absolute atomic E-state index is 6.20. The van der Waals surface area contributed by atoms with E-state index in [9.17, 15) is 0 Å². The van der Waals surface area contributed by atoms with Crippen molar-refractivity contribution in [3.05, 3.63) is 29.3 Å². The van der Waals surface area contributed by atoms with Crippen LogP contribution in [-0.4, -0.2) is 31.1 Å². The van der Waals surface area contributed by atoms with Crippen molar-refractivity contribution in [1.82, 2.24) is 4.90 Å². The van der Waals surface area contributed by atoms with Crippen LogP contribution in [0.4, 0.5) is 0 Å². The predicted molar refractivity (Wildman–Crippen MR) is 86.6 cm³/mol. The molecule has 20 heavy (non-hydrogen) atoms. The molecule has 0 amide bonds. The molecular weight excluding hydrogens is 272 g/mol. The molecule has 1 aliphatic heterocycles. The molecule has 4 heteroatoms. The SMILES string of the molecule is COc1ccc(C)cc1CN1CCC(N)C(C)(C)C1.Cl. The van der Waals surface area contributed by atoms with E-state index in [0.29, 0.717) is 6.04 Å². The highest BCUT2D eigenvalue weighted by molar-refractivity contribution is 5.85. The Hall–Kier alpha value is -0.770. The number of benzene rings is 1. The number of likely N-dealkylation sites (tertiary alicyclic amines) is 1. The van der Waals surface area contributed by atoms with Gasteiger partial charge in [0.05, 0.1) is 7.11 Å². The molecule has 0 bridgehead atoms. The lowest BCUT2D eigenvalue weighted by Crippen LogP contribution is -2.52. The summed E-state index contributed by atoms with van der Waals surface area (Å²) in [5, 5.41) is 0. The Balaban J connectivity index is 0.00000200. The van der Waals surface area contributed by atoms with Gasteiger partial charge in [0.25, 0.3) is 0 Å². The van der Waals surface area contributed by atoms with Crippen molar-refractivity contribution in [3.63, 3.8) is 0 Å². The van der Waals surface area contributed by atoms with Crippen LogP contribution >= 0.6 is 12.4 Å². The van der Waals surface area contributed by atoms with Gasteiger partial charge in [-0.3, -0.25) is 4.90 Å². The first kappa shape index (κ1) is 17.3. The molecule has 2 N–H and O–H groups in total. The van der Waals surface area contributed by atoms with Crippen LogP contribution in [0.3, 0.4) is 0 Å². The summed E-state index contributed by atoms with van der Waals surface area (Å²) in [6.45, 7) is 9.71. The van der Waals surface area contributed by atoms with Crippen molar-refractivity contribution in [3.8, 4) is 5.75 Å². The lowest BCUT2D eigenvalue weighted by molar-refractivity contribution is 0.0892. The van der Waals surface area contributed by atoms with Crippen molar-refractivity contribution >= 4 is 12.4 Å². The number of hydrogen-bond donors (Lipinski definition) is 1. The van der Waals surface area contributed by atoms with Crippen molar-refractivity contribution in [2.45, 2.75) is 39.8 Å². The van der Waals surface area contributed by atoms with E-state index in [4.69, 9.17) is 10.5 Å². The van der Waals surface area contributed by atoms with Gasteiger partial charge in [0.2, 0.25) is 0 Å². The number of ether oxygens (including phenoxy) is 1. The van der Waals surface area contributed by atoms with Gasteiger partial charge >= 0.3 is 0 Å². The summed E-state index contributed by atoms with van der Waals surface area (Å²) in [6, 6.07) is 6.69. The Morgan fingerprint density at radius 2 is 2.10 bits per heavy atom. The zero-order valence-electron chi connectivity index (χ0n) is 13.0. The molecule has 0 aliphatic carbocycles. The molecule has 1 aliphatic rings. The molecule has 1 aromatic rings. The van der Waals surface area contributed by atoms with E-state index in [0.717, 1.165) is 31.8 Å². The van der Waals surface area contributed by atoms with Gasteiger partial charge in [0.1, 0.15) is 5.75 Å². The Morgan fingerprint density at radius 3 is 2.70 bits per heavy atom. The van der Waals surface area contributed by atoms with Crippen LogP contribution in [0.15, 0.2) is 18.2 Å². The van der Waals surface area contributed by atoms with E-state index >= 15 is 0 Å². The van der Waals surface area contributed by atoms with Gasteiger partial charge in [-0.2, -0.15) is 0 Å². The maximum atomic E-state index is 6.20. The minimum absolute atomic E-state index is 0. The first-order chi connectivity index (χ1) is 8.92. The summed E-state index contributed by atoms with van der Waals surface area (Å²) in [5.41, 5.74) is 8.94. The number of hydrogen-bond acceptors (Lipinski definition) is 3. The van der Waals surface area contributed by atoms with Crippen LogP contribution in [0, 0.1) is 12.3 Å². The average Bonchev–Trinajstić information content (AvgIpc) is 2.34. The molecule has 3 nitrogen and oxygen atoms in total. The van der Waals surface area contributed by atoms with Crippen molar-refractivity contribution in [2.24, 2.45) is 11.1 Å². The van der Waals surface area contributed by atoms with Crippen LogP contribution in [0.1, 0.15) is 31.4 Å². The van der Waals surface area contributed by atoms with Crippen LogP contribution < -0.4 is 10.5 Å². The van der Waals surface area contributed by atoms with Gasteiger partial charge in [-0.1, -0.05) is 31.5 Å². The normalized spacial score (nSPS) is 22.1. The van der Waals surface area contributed by atoms with Crippen molar-refractivity contribution in [2.75, 3.05) is 20.2 Å². The zero-order valence-corrected chi connectivity index (χ0v) is 13.8. The third-order valence-electron chi connectivity index (χ3n) is 4.22. The molecule has 1 unspecified atom stereocenters. The highest BCUT2D eigenvalue weighted by Crippen LogP contribution is 2.30. The summed E-state index contributed by atoms with van der Waals surface area (Å²) < 4.78 is 5.46. The second-order valence-electron chi connectivity index (χ2n) is 6.41. The van der Waals surface area contributed by atoms with Gasteiger partial charge in [-0.15, -0.1) is 12.4 Å². The maximum Gasteiger partial charge on any atom is 0.123 e. The molecule has 1 aromatic carbocycles. The zero-order chi connectivity index (χ0) is 14.0. The minimum Gasteiger partial charge on any atom is -0.496 e. The topological polar surface area (TPSA) is 38.5 Å². The third kappa shape index (κ3) is 3.87. The van der Waals surface area contributed by atoms with Crippen LogP contribution in [0.25, 0.3) is 0 Å². The van der Waals surface area contributed by atoms with Crippen molar-refractivity contribution in [1.29, 1.82) is 0 Å². The molecule has 0 saturated carbocycles. The number of methoxy groups -OCH3 is 1. The molecule has 1 atom stereocenters. The van der Waals surface area contributed by atoms with Gasteiger partial charge in [-0.05, 0) is 24.8 Å². The van der Waals surface area contributed by atoms with Crippen LogP contribution in [0.2, 0.25) is 0 Å². The molecule has 0 aromatic heterocycles. The standard InChI is InChI=1S/C16H26N2O.ClH/c1-12-5-6-14(19-4)13(9-12)10-18-8-7-15(17)16(2,3)11-18;/h5-6,9,15H,7-8,10-11,17H2,1-4H3;1H. The molecule has 1 saturated heterocycles. The number of rotatable bonds is 3. The Morgan fingerprint density at radius 1 is 1.40 bits per heavy atom. The monoisotopic (exact) mass is 298 g/mol. The van der Waals surface area contributed by atoms with Crippen LogP contribution in [-0.2, 0) is 6.54 Å². The molecule has 0 radical (unpaired) electrons. The number of nitrogens with zero attached hydrogens (tertiary/aromatic N) is 1. The molecule has 2 rings (SSSR count). The fraction of sp³-hybridized carbons (Fsp3) is 0.625. The Bertz CT molecular complexity index is 448. The lowest BCUT2D eigenvalue weighted by atomic mass is 9.79. The smallest absolute Gasteiger partial charge is 0.123 e. The molecule has 1 heterocycles. The van der Waals surface area contributed by atoms with Gasteiger partial charge in [0, 0.05) is 31.2 Å². The predicted octanol–water partition coefficient (Wildman–Crippen LogP) is 2.98. The van der Waals surface area contributed by atoms with E-state index in [1.54, 1.807) is 7.11 Å². The summed E-state index contributed by atoms with van der Waals surface area (Å²) in [7, 11) is 1.74. The lowest BCUT2D eigenvalue weighted by Gasteiger charge is -2.42. The largest absolute Gasteiger partial charge is 0.496 e. The fourth-order valence-electron chi connectivity index (χ4n) is 2.89. The fourth-order valence-corrected chi connectivity index (χ4v) is 2.89. The first-order valence-electron chi connectivity index (χ1n) is 7.04. The van der Waals surface area contributed by atoms with E-state index in [-0.39, 0.29) is 17.8 Å². The quantitative estimate of drug-likeness (QED) is 0.932. The highest BCUT2D eigenvalue weighted by atomic mass is 35.5. The third-order valence-corrected chi connectivity index (χ3v) is 4.22. The van der Waals surface area contributed by atoms with E-state index in [1.165, 1.54) is 11.1 Å². The summed E-state index contributed by atoms with van der Waals surface area (Å²) in [5.74, 6) is 0.985. The summed E-state index contributed by atoms with van der Waals surface area (Å²) in [6.07, 6.45) is 1.07. The summed E-state index contributed by atoms with van der Waals surface area (Å²) in [4.78, 5) is 2.49. The van der Waals surface area contributed by atoms with Gasteiger partial charge in [-0.25, -0.2) is 0 Å². The number of aryl methyl sites for hydroxylation is 1. The number of nitrogens with two attached hydrogens (primary N) is 1. The average molecular weight is 299 g/mol. The molecular formula is C16H27ClN2O. The Labute approximate surface area is 128 Å². The second kappa shape index (κ2) is 6.79. The molecule has 0 spiro atoms. The number of halogens is 1. The van der Waals surface area contributed by atoms with Gasteiger partial charge < -0.3 is 10.5 Å². The molecule has 114 valence electrons. The first-order valence-corrected chi connectivity index (χ1v) is 7.04. The number of piperidine rings is 1. The van der Waals surface area contributed by atoms with Gasteiger partial charge in [0.15, 0.2) is 0 Å². The minimum atomic E-state index is 0. The van der Waals surface area contributed by atoms with Crippen molar-refractivity contribution < 1.29 is 4.74 Å². The highest BCUT2D eigenvalue weighted by Gasteiger charge is 2.33. The van der Waals surface area contributed by atoms with E-state index < -0.39 is 0 Å². The summed E-state index contributed by atoms with van der Waals surface area (Å²) >= 11 is 0. The molecule has 1 fully saturated rings. The van der Waals surface area contributed by atoms with E-state index in [2.05, 4.69) is 43.9 Å². The van der Waals surface area contributed by atoms with Crippen LogP contribution in [0.5, 0.6) is 5.75 Å². The Kier molecular flexibility index (Phi) is 5.87. The van der Waals surface area contributed by atoms with E-state index in [1.807, 2.05) is 0 Å². The second-order valence-corrected chi connectivity index (χ2v) is 6.41.